The summed E-state index contributed by atoms with van der Waals surface area (Å²) in [6, 6.07) is 1.28. The molecule has 0 spiro atoms. The number of nitrogens with zero attached hydrogens (tertiary/aromatic N) is 1. The molecule has 1 heterocycles. The molecule has 2 rings (SSSR count). The molecule has 0 bridgehead atoms. The number of hydrogen-bond acceptors (Lipinski definition) is 6. The van der Waals surface area contributed by atoms with Crippen LogP contribution in [0.15, 0.2) is 12.3 Å². The predicted molar refractivity (Wildman–Crippen MR) is 74.8 cm³/mol. The normalized spacial score (nSPS) is 15.7. The van der Waals surface area contributed by atoms with Crippen molar-refractivity contribution in [2.45, 2.75) is 18.9 Å². The van der Waals surface area contributed by atoms with Crippen LogP contribution in [0.4, 0.5) is 11.5 Å². The quantitative estimate of drug-likeness (QED) is 0.782. The van der Waals surface area contributed by atoms with E-state index < -0.39 is 20.0 Å². The summed E-state index contributed by atoms with van der Waals surface area (Å²) >= 11 is 0. The van der Waals surface area contributed by atoms with Gasteiger partial charge in [0.05, 0.1) is 30.5 Å². The van der Waals surface area contributed by atoms with Gasteiger partial charge in [-0.15, -0.1) is 0 Å². The van der Waals surface area contributed by atoms with Gasteiger partial charge in [0.2, 0.25) is 20.0 Å². The van der Waals surface area contributed by atoms with Crippen molar-refractivity contribution in [3.05, 3.63) is 12.3 Å². The molecule has 2 N–H and O–H groups in total. The van der Waals surface area contributed by atoms with E-state index in [4.69, 9.17) is 4.74 Å². The zero-order valence-electron chi connectivity index (χ0n) is 11.0. The zero-order chi connectivity index (χ0) is 15.0. The van der Waals surface area contributed by atoms with Gasteiger partial charge in [0.15, 0.2) is 5.75 Å². The second-order valence-electron chi connectivity index (χ2n) is 4.63. The van der Waals surface area contributed by atoms with Gasteiger partial charge in [0, 0.05) is 6.07 Å². The van der Waals surface area contributed by atoms with Gasteiger partial charge >= 0.3 is 0 Å². The number of pyridine rings is 1. The minimum atomic E-state index is -3.51. The lowest BCUT2D eigenvalue weighted by molar-refractivity contribution is 0.304. The molecule has 1 aromatic rings. The van der Waals surface area contributed by atoms with Crippen LogP contribution in [0, 0.1) is 0 Å². The van der Waals surface area contributed by atoms with Crippen LogP contribution in [0.2, 0.25) is 0 Å². The molecule has 1 aliphatic carbocycles. The van der Waals surface area contributed by atoms with Gasteiger partial charge in [-0.1, -0.05) is 0 Å². The van der Waals surface area contributed by atoms with Gasteiger partial charge in [-0.25, -0.2) is 21.8 Å². The predicted octanol–water partition coefficient (Wildman–Crippen LogP) is 0.366. The molecule has 1 fully saturated rings. The average Bonchev–Trinajstić information content (AvgIpc) is 3.01. The van der Waals surface area contributed by atoms with Crippen molar-refractivity contribution >= 4 is 31.6 Å². The molecule has 112 valence electrons. The van der Waals surface area contributed by atoms with Crippen molar-refractivity contribution in [3.8, 4) is 5.75 Å². The van der Waals surface area contributed by atoms with Crippen molar-refractivity contribution < 1.29 is 21.6 Å². The number of sulfonamides is 2. The molecule has 0 radical (unpaired) electrons. The van der Waals surface area contributed by atoms with E-state index >= 15 is 0 Å². The molecular weight excluding hydrogens is 306 g/mol. The third-order valence-corrected chi connectivity index (χ3v) is 3.44. The molecule has 0 amide bonds. The number of ether oxygens (including phenoxy) is 1. The topological polar surface area (TPSA) is 114 Å². The highest BCUT2D eigenvalue weighted by Crippen LogP contribution is 2.33. The highest BCUT2D eigenvalue weighted by molar-refractivity contribution is 7.92. The zero-order valence-corrected chi connectivity index (χ0v) is 12.6. The summed E-state index contributed by atoms with van der Waals surface area (Å²) in [7, 11) is -7.00. The lowest BCUT2D eigenvalue weighted by atomic mass is 10.4. The maximum absolute atomic E-state index is 11.3. The van der Waals surface area contributed by atoms with Gasteiger partial charge in [0.25, 0.3) is 0 Å². The molecule has 20 heavy (non-hydrogen) atoms. The van der Waals surface area contributed by atoms with Crippen molar-refractivity contribution in [1.82, 2.24) is 4.98 Å². The van der Waals surface area contributed by atoms with Gasteiger partial charge in [-0.2, -0.15) is 0 Å². The molecule has 1 saturated carbocycles. The first-order valence-electron chi connectivity index (χ1n) is 5.75. The molecule has 1 aromatic heterocycles. The Morgan fingerprint density at radius 2 is 1.75 bits per heavy atom. The van der Waals surface area contributed by atoms with Crippen LogP contribution in [0.3, 0.4) is 0 Å². The average molecular weight is 321 g/mol. The summed E-state index contributed by atoms with van der Waals surface area (Å²) in [4.78, 5) is 3.89. The Morgan fingerprint density at radius 1 is 1.15 bits per heavy atom. The smallest absolute Gasteiger partial charge is 0.230 e. The van der Waals surface area contributed by atoms with Gasteiger partial charge in [-0.05, 0) is 12.8 Å². The molecule has 0 unspecified atom stereocenters. The SMILES string of the molecule is CS(=O)(=O)Nc1cc(NS(C)(=O)=O)c(OC2CC2)cn1. The molecule has 0 aliphatic heterocycles. The Morgan fingerprint density at radius 3 is 2.25 bits per heavy atom. The summed E-state index contributed by atoms with van der Waals surface area (Å²) in [6.45, 7) is 0. The van der Waals surface area contributed by atoms with E-state index in [2.05, 4.69) is 14.4 Å². The summed E-state index contributed by atoms with van der Waals surface area (Å²) in [5.41, 5.74) is 0.153. The number of rotatable bonds is 6. The maximum atomic E-state index is 11.3. The summed E-state index contributed by atoms with van der Waals surface area (Å²) < 4.78 is 54.9. The third kappa shape index (κ3) is 4.85. The molecule has 0 aromatic carbocycles. The molecular formula is C10H15N3O5S2. The van der Waals surface area contributed by atoms with Crippen LogP contribution in [0.5, 0.6) is 5.75 Å². The summed E-state index contributed by atoms with van der Waals surface area (Å²) in [5.74, 6) is 0.291. The van der Waals surface area contributed by atoms with Crippen molar-refractivity contribution in [2.24, 2.45) is 0 Å². The second-order valence-corrected chi connectivity index (χ2v) is 8.13. The molecule has 10 heteroatoms. The van der Waals surface area contributed by atoms with Gasteiger partial charge in [-0.3, -0.25) is 9.44 Å². The van der Waals surface area contributed by atoms with E-state index in [1.165, 1.54) is 12.3 Å². The standard InChI is InChI=1S/C10H15N3O5S2/c1-19(14,15)12-8-5-10(13-20(2,16)17)11-6-9(8)18-7-3-4-7/h5-7H,3-4H2,1-2H3,(H2,11,12,13). The molecule has 0 saturated heterocycles. The highest BCUT2D eigenvalue weighted by Gasteiger charge is 2.25. The van der Waals surface area contributed by atoms with Crippen LogP contribution in [0.25, 0.3) is 0 Å². The fourth-order valence-corrected chi connectivity index (χ4v) is 2.48. The first-order chi connectivity index (χ1) is 9.12. The van der Waals surface area contributed by atoms with Crippen LogP contribution in [0.1, 0.15) is 12.8 Å². The van der Waals surface area contributed by atoms with Crippen molar-refractivity contribution in [3.63, 3.8) is 0 Å². The lowest BCUT2D eigenvalue weighted by Gasteiger charge is -2.13. The number of nitrogens with one attached hydrogen (secondary N) is 2. The number of anilines is 2. The fraction of sp³-hybridized carbons (Fsp3) is 0.500. The second kappa shape index (κ2) is 5.09. The maximum Gasteiger partial charge on any atom is 0.230 e. The monoisotopic (exact) mass is 321 g/mol. The largest absolute Gasteiger partial charge is 0.487 e. The van der Waals surface area contributed by atoms with Crippen LogP contribution < -0.4 is 14.2 Å². The fourth-order valence-electron chi connectivity index (χ4n) is 1.43. The number of aromatic nitrogens is 1. The Bertz CT molecular complexity index is 710. The van der Waals surface area contributed by atoms with E-state index in [9.17, 15) is 16.8 Å². The Hall–Kier alpha value is -1.55. The molecule has 0 atom stereocenters. The highest BCUT2D eigenvalue weighted by atomic mass is 32.2. The molecule has 1 aliphatic rings. The third-order valence-electron chi connectivity index (χ3n) is 2.27. The van der Waals surface area contributed by atoms with Crippen LogP contribution >= 0.6 is 0 Å². The van der Waals surface area contributed by atoms with Gasteiger partial charge < -0.3 is 4.74 Å². The van der Waals surface area contributed by atoms with E-state index in [1.807, 2.05) is 0 Å². The Labute approximate surface area is 117 Å². The summed E-state index contributed by atoms with van der Waals surface area (Å²) in [6.07, 6.45) is 5.14. The van der Waals surface area contributed by atoms with E-state index in [-0.39, 0.29) is 23.4 Å². The first-order valence-corrected chi connectivity index (χ1v) is 9.53. The minimum Gasteiger partial charge on any atom is -0.487 e. The van der Waals surface area contributed by atoms with Crippen molar-refractivity contribution in [1.29, 1.82) is 0 Å². The Balaban J connectivity index is 2.32. The Kier molecular flexibility index (Phi) is 3.78. The van der Waals surface area contributed by atoms with E-state index in [0.717, 1.165) is 25.4 Å². The van der Waals surface area contributed by atoms with E-state index in [1.54, 1.807) is 0 Å². The number of hydrogen-bond donors (Lipinski definition) is 2. The minimum absolute atomic E-state index is 0.0156. The van der Waals surface area contributed by atoms with E-state index in [0.29, 0.717) is 0 Å². The van der Waals surface area contributed by atoms with Crippen LogP contribution in [-0.4, -0.2) is 40.4 Å². The summed E-state index contributed by atoms with van der Waals surface area (Å²) in [5, 5.41) is 0. The van der Waals surface area contributed by atoms with Crippen LogP contribution in [-0.2, 0) is 20.0 Å². The lowest BCUT2D eigenvalue weighted by Crippen LogP contribution is -2.14. The van der Waals surface area contributed by atoms with Gasteiger partial charge in [0.1, 0.15) is 5.82 Å². The van der Waals surface area contributed by atoms with Crippen molar-refractivity contribution in [2.75, 3.05) is 22.0 Å². The molecule has 8 nitrogen and oxygen atoms in total. The first kappa shape index (κ1) is 14.9.